The highest BCUT2D eigenvalue weighted by atomic mass is 15.3. The third-order valence-corrected chi connectivity index (χ3v) is 13.0. The van der Waals surface area contributed by atoms with Crippen molar-refractivity contribution in [3.8, 4) is 0 Å². The Balaban J connectivity index is 1.03. The second-order valence-electron chi connectivity index (χ2n) is 15.9. The van der Waals surface area contributed by atoms with Crippen molar-refractivity contribution in [1.29, 1.82) is 0 Å². The molecule has 52 heavy (non-hydrogen) atoms. The molecule has 10 aliphatic rings. The van der Waals surface area contributed by atoms with E-state index in [1.165, 1.54) is 33.4 Å². The van der Waals surface area contributed by atoms with Crippen LogP contribution in [-0.2, 0) is 0 Å². The molecule has 8 aliphatic carbocycles. The molecule has 4 nitrogen and oxygen atoms in total. The lowest BCUT2D eigenvalue weighted by atomic mass is 9.53. The zero-order valence-corrected chi connectivity index (χ0v) is 29.8. The van der Waals surface area contributed by atoms with Crippen molar-refractivity contribution in [3.63, 3.8) is 0 Å². The van der Waals surface area contributed by atoms with E-state index in [-0.39, 0.29) is 18.2 Å². The van der Waals surface area contributed by atoms with E-state index >= 15 is 0 Å². The van der Waals surface area contributed by atoms with Gasteiger partial charge in [0, 0.05) is 18.0 Å². The Morgan fingerprint density at radius 1 is 0.673 bits per heavy atom. The Bertz CT molecular complexity index is 2040. The quantitative estimate of drug-likeness (QED) is 0.294. The first-order valence-electron chi connectivity index (χ1n) is 19.7. The fourth-order valence-corrected chi connectivity index (χ4v) is 10.3. The predicted octanol–water partition coefficient (Wildman–Crippen LogP) is 9.59. The maximum absolute atomic E-state index is 5.45. The summed E-state index contributed by atoms with van der Waals surface area (Å²) in [7, 11) is 0. The van der Waals surface area contributed by atoms with Crippen LogP contribution in [0.2, 0.25) is 0 Å². The first-order valence-corrected chi connectivity index (χ1v) is 19.7. The number of allylic oxidation sites excluding steroid dienone is 26. The predicted molar refractivity (Wildman–Crippen MR) is 215 cm³/mol. The van der Waals surface area contributed by atoms with E-state index < -0.39 is 0 Å². The van der Waals surface area contributed by atoms with E-state index in [0.717, 1.165) is 50.1 Å². The van der Waals surface area contributed by atoms with E-state index in [0.29, 0.717) is 41.4 Å². The SMILES string of the molecule is C1=CCCC(C2=NC(C3=CC=C(C4=CC(C5=NC=C5)=CCC4)C(C4=CC5C6C=CC=CC6C6C=CC=CC6C5C=C4)C3)NC(C3C=CC=CC3)N2)=C1. The number of amidine groups is 1. The highest BCUT2D eigenvalue weighted by Gasteiger charge is 2.47. The largest absolute Gasteiger partial charge is 0.354 e. The smallest absolute Gasteiger partial charge is 0.127 e. The van der Waals surface area contributed by atoms with Crippen molar-refractivity contribution >= 4 is 11.5 Å². The minimum atomic E-state index is -0.0794. The van der Waals surface area contributed by atoms with Crippen LogP contribution in [-0.4, -0.2) is 23.9 Å². The monoisotopic (exact) mass is 680 g/mol. The highest BCUT2D eigenvalue weighted by molar-refractivity contribution is 6.13. The van der Waals surface area contributed by atoms with E-state index in [4.69, 9.17) is 4.99 Å². The summed E-state index contributed by atoms with van der Waals surface area (Å²) < 4.78 is 0. The maximum atomic E-state index is 5.45. The topological polar surface area (TPSA) is 48.8 Å². The van der Waals surface area contributed by atoms with Crippen LogP contribution in [0.3, 0.4) is 0 Å². The molecule has 0 amide bonds. The molecule has 0 aromatic carbocycles. The molecule has 0 aromatic heterocycles. The van der Waals surface area contributed by atoms with Gasteiger partial charge in [-0.2, -0.15) is 0 Å². The van der Waals surface area contributed by atoms with Crippen LogP contribution in [0, 0.1) is 47.3 Å². The molecule has 2 N–H and O–H groups in total. The molecule has 10 atom stereocenters. The molecule has 0 aromatic rings. The number of fused-ring (bicyclic) bond motifs is 6. The van der Waals surface area contributed by atoms with E-state index in [1.807, 2.05) is 6.20 Å². The summed E-state index contributed by atoms with van der Waals surface area (Å²) >= 11 is 0. The summed E-state index contributed by atoms with van der Waals surface area (Å²) in [6.45, 7) is 0. The molecule has 1 fully saturated rings. The lowest BCUT2D eigenvalue weighted by Crippen LogP contribution is -2.58. The van der Waals surface area contributed by atoms with Crippen LogP contribution in [0.1, 0.15) is 38.5 Å². The Morgan fingerprint density at radius 2 is 1.42 bits per heavy atom. The number of rotatable bonds is 6. The molecule has 2 heterocycles. The van der Waals surface area contributed by atoms with Crippen molar-refractivity contribution in [3.05, 3.63) is 179 Å². The van der Waals surface area contributed by atoms with E-state index in [1.54, 1.807) is 0 Å². The van der Waals surface area contributed by atoms with Crippen LogP contribution < -0.4 is 10.6 Å². The molecule has 260 valence electrons. The number of hydrogen-bond donors (Lipinski definition) is 2. The third kappa shape index (κ3) is 5.82. The second kappa shape index (κ2) is 13.6. The molecule has 0 spiro atoms. The molecular weight excluding hydrogens is 633 g/mol. The van der Waals surface area contributed by atoms with E-state index in [9.17, 15) is 0 Å². The Hall–Kier alpha value is -4.80. The summed E-state index contributed by atoms with van der Waals surface area (Å²) in [4.78, 5) is 10.0. The van der Waals surface area contributed by atoms with Crippen molar-refractivity contribution in [2.24, 2.45) is 57.3 Å². The fourth-order valence-electron chi connectivity index (χ4n) is 10.3. The standard InChI is InChI=1S/C48H48N4/c1-3-12-31(13-4-1)46-50-47(32-14-5-2-6-15-32)52-48(51-46)36-23-24-37(33-16-11-17-35(28-33)45-26-27-49-45)43(30-36)34-22-25-42-40-20-8-7-18-38(40)39-19-9-10-21-41(39)44(42)29-34/h1-5,7-10,12,14,17-29,31,38-44,46,48,51H,6,11,13,15-16,30H2,(H,50,52). The number of nitrogens with zero attached hydrogens (tertiary/aromatic N) is 2. The molecule has 4 heteroatoms. The van der Waals surface area contributed by atoms with E-state index in [2.05, 4.69) is 155 Å². The average Bonchev–Trinajstić information content (AvgIpc) is 3.20. The van der Waals surface area contributed by atoms with Crippen molar-refractivity contribution in [1.82, 2.24) is 10.6 Å². The Morgan fingerprint density at radius 3 is 2.13 bits per heavy atom. The lowest BCUT2D eigenvalue weighted by Gasteiger charge is -2.50. The molecule has 1 saturated carbocycles. The van der Waals surface area contributed by atoms with Gasteiger partial charge in [0.1, 0.15) is 12.0 Å². The zero-order valence-electron chi connectivity index (χ0n) is 29.8. The molecule has 0 bridgehead atoms. The minimum absolute atomic E-state index is 0.0794. The Labute approximate surface area is 308 Å². The number of hydrogen-bond acceptors (Lipinski definition) is 4. The van der Waals surface area contributed by atoms with Gasteiger partial charge in [0.25, 0.3) is 0 Å². The molecule has 10 unspecified atom stereocenters. The van der Waals surface area contributed by atoms with Crippen molar-refractivity contribution < 1.29 is 0 Å². The third-order valence-electron chi connectivity index (χ3n) is 13.0. The van der Waals surface area contributed by atoms with Crippen molar-refractivity contribution in [2.75, 3.05) is 0 Å². The van der Waals surface area contributed by atoms with Crippen LogP contribution in [0.25, 0.3) is 0 Å². The van der Waals surface area contributed by atoms with Gasteiger partial charge in [-0.15, -0.1) is 0 Å². The summed E-state index contributed by atoms with van der Waals surface area (Å²) in [6, 6.07) is 0. The van der Waals surface area contributed by atoms with Crippen molar-refractivity contribution in [2.45, 2.75) is 50.9 Å². The summed E-state index contributed by atoms with van der Waals surface area (Å²) in [6.07, 6.45) is 62.5. The summed E-state index contributed by atoms with van der Waals surface area (Å²) in [5.74, 6) is 4.85. The molecule has 10 rings (SSSR count). The van der Waals surface area contributed by atoms with Gasteiger partial charge in [-0.3, -0.25) is 10.3 Å². The summed E-state index contributed by atoms with van der Waals surface area (Å²) in [5, 5.41) is 7.82. The first kappa shape index (κ1) is 31.9. The van der Waals surface area contributed by atoms with Gasteiger partial charge in [-0.25, -0.2) is 4.99 Å². The van der Waals surface area contributed by atoms with Gasteiger partial charge in [-0.05, 0) is 120 Å². The molecule has 2 aliphatic heterocycles. The van der Waals surface area contributed by atoms with Gasteiger partial charge >= 0.3 is 0 Å². The van der Waals surface area contributed by atoms with Gasteiger partial charge in [-0.1, -0.05) is 128 Å². The maximum Gasteiger partial charge on any atom is 0.127 e. The molecule has 0 radical (unpaired) electrons. The van der Waals surface area contributed by atoms with Gasteiger partial charge in [0.15, 0.2) is 0 Å². The van der Waals surface area contributed by atoms with Gasteiger partial charge < -0.3 is 5.32 Å². The van der Waals surface area contributed by atoms with Crippen LogP contribution >= 0.6 is 0 Å². The zero-order chi connectivity index (χ0) is 34.4. The summed E-state index contributed by atoms with van der Waals surface area (Å²) in [5.41, 5.74) is 9.46. The van der Waals surface area contributed by atoms with Crippen LogP contribution in [0.4, 0.5) is 0 Å². The molecular formula is C48H48N4. The number of nitrogens with one attached hydrogen (secondary N) is 2. The second-order valence-corrected chi connectivity index (χ2v) is 15.9. The number of aliphatic imine (C=N–C) groups is 2. The fraction of sp³-hybridized carbons (Fsp3) is 0.333. The van der Waals surface area contributed by atoms with Gasteiger partial charge in [0.05, 0.1) is 11.9 Å². The normalized spacial score (nSPS) is 37.8. The van der Waals surface area contributed by atoms with Gasteiger partial charge in [0.2, 0.25) is 0 Å². The van der Waals surface area contributed by atoms with Crippen LogP contribution in [0.15, 0.2) is 189 Å². The average molecular weight is 681 g/mol. The first-order chi connectivity index (χ1) is 25.8. The highest BCUT2D eigenvalue weighted by Crippen LogP contribution is 2.54. The lowest BCUT2D eigenvalue weighted by molar-refractivity contribution is 0.119. The molecule has 0 saturated heterocycles. The van der Waals surface area contributed by atoms with Crippen LogP contribution in [0.5, 0.6) is 0 Å². The Kier molecular flexibility index (Phi) is 8.36. The minimum Gasteiger partial charge on any atom is -0.354 e.